The van der Waals surface area contributed by atoms with Crippen LogP contribution in [0.5, 0.6) is 0 Å². The van der Waals surface area contributed by atoms with Gasteiger partial charge in [0, 0.05) is 9.75 Å². The van der Waals surface area contributed by atoms with Gasteiger partial charge in [-0.3, -0.25) is 4.79 Å². The van der Waals surface area contributed by atoms with Gasteiger partial charge in [0.1, 0.15) is 0 Å². The van der Waals surface area contributed by atoms with E-state index in [0.717, 1.165) is 25.7 Å². The highest BCUT2D eigenvalue weighted by atomic mass is 32.1. The molecule has 3 unspecified atom stereocenters. The molecule has 94 valence electrons. The van der Waals surface area contributed by atoms with Gasteiger partial charge in [0.15, 0.2) is 0 Å². The van der Waals surface area contributed by atoms with E-state index in [0.29, 0.717) is 11.8 Å². The van der Waals surface area contributed by atoms with E-state index in [1.165, 1.54) is 9.75 Å². The summed E-state index contributed by atoms with van der Waals surface area (Å²) in [6.45, 7) is 4.38. The summed E-state index contributed by atoms with van der Waals surface area (Å²) >= 11 is 1.90. The third-order valence-electron chi connectivity index (χ3n) is 3.75. The van der Waals surface area contributed by atoms with Crippen molar-refractivity contribution < 1.29 is 9.90 Å². The summed E-state index contributed by atoms with van der Waals surface area (Å²) in [5, 5.41) is 8.92. The number of thiophene rings is 1. The van der Waals surface area contributed by atoms with E-state index in [9.17, 15) is 4.79 Å². The standard InChI is InChI=1S/C14H20O2S/c1-3-9(7-10-8-12(10)14(15)16)13-6-5-11(4-2)17-13/h5-6,9-10,12H,3-4,7-8H2,1-2H3,(H,15,16). The van der Waals surface area contributed by atoms with Gasteiger partial charge >= 0.3 is 5.97 Å². The zero-order chi connectivity index (χ0) is 12.4. The van der Waals surface area contributed by atoms with Crippen LogP contribution in [0.2, 0.25) is 0 Å². The Morgan fingerprint density at radius 3 is 2.76 bits per heavy atom. The topological polar surface area (TPSA) is 37.3 Å². The Bertz CT molecular complexity index is 397. The molecule has 2 nitrogen and oxygen atoms in total. The summed E-state index contributed by atoms with van der Waals surface area (Å²) in [5.41, 5.74) is 0. The second kappa shape index (κ2) is 5.21. The summed E-state index contributed by atoms with van der Waals surface area (Å²) in [6.07, 6.45) is 4.16. The van der Waals surface area contributed by atoms with Crippen LogP contribution in [0.15, 0.2) is 12.1 Å². The van der Waals surface area contributed by atoms with Gasteiger partial charge in [0.25, 0.3) is 0 Å². The molecule has 0 saturated heterocycles. The Labute approximate surface area is 107 Å². The summed E-state index contributed by atoms with van der Waals surface area (Å²) < 4.78 is 0. The predicted molar refractivity (Wildman–Crippen MR) is 70.6 cm³/mol. The molecule has 1 aromatic heterocycles. The van der Waals surface area contributed by atoms with E-state index in [1.54, 1.807) is 0 Å². The molecule has 1 aromatic rings. The zero-order valence-electron chi connectivity index (χ0n) is 10.5. The SMILES string of the molecule is CCc1ccc(C(CC)CC2CC2C(=O)O)s1. The molecule has 0 spiro atoms. The number of hydrogen-bond acceptors (Lipinski definition) is 2. The molecular formula is C14H20O2S. The molecule has 1 aliphatic carbocycles. The molecule has 0 bridgehead atoms. The maximum atomic E-state index is 10.8. The van der Waals surface area contributed by atoms with Crippen LogP contribution < -0.4 is 0 Å². The van der Waals surface area contributed by atoms with E-state index in [1.807, 2.05) is 11.3 Å². The molecule has 0 radical (unpaired) electrons. The fraction of sp³-hybridized carbons (Fsp3) is 0.643. The first kappa shape index (κ1) is 12.6. The van der Waals surface area contributed by atoms with Gasteiger partial charge in [-0.1, -0.05) is 13.8 Å². The Morgan fingerprint density at radius 2 is 2.29 bits per heavy atom. The Kier molecular flexibility index (Phi) is 3.87. The van der Waals surface area contributed by atoms with E-state index >= 15 is 0 Å². The average molecular weight is 252 g/mol. The average Bonchev–Trinajstić information content (AvgIpc) is 2.93. The lowest BCUT2D eigenvalue weighted by molar-refractivity contribution is -0.138. The summed E-state index contributed by atoms with van der Waals surface area (Å²) in [7, 11) is 0. The minimum absolute atomic E-state index is 0.0605. The van der Waals surface area contributed by atoms with Crippen molar-refractivity contribution in [1.82, 2.24) is 0 Å². The van der Waals surface area contributed by atoms with E-state index in [2.05, 4.69) is 26.0 Å². The van der Waals surface area contributed by atoms with Crippen LogP contribution in [-0.2, 0) is 11.2 Å². The van der Waals surface area contributed by atoms with Crippen LogP contribution in [0.25, 0.3) is 0 Å². The summed E-state index contributed by atoms with van der Waals surface area (Å²) in [4.78, 5) is 13.7. The van der Waals surface area contributed by atoms with Crippen molar-refractivity contribution in [2.45, 2.75) is 45.4 Å². The van der Waals surface area contributed by atoms with Crippen molar-refractivity contribution in [2.75, 3.05) is 0 Å². The summed E-state index contributed by atoms with van der Waals surface area (Å²) in [5.74, 6) is 0.319. The summed E-state index contributed by atoms with van der Waals surface area (Å²) in [6, 6.07) is 4.44. The van der Waals surface area contributed by atoms with Gasteiger partial charge in [-0.25, -0.2) is 0 Å². The largest absolute Gasteiger partial charge is 0.481 e. The molecule has 0 amide bonds. The monoisotopic (exact) mass is 252 g/mol. The number of aryl methyl sites for hydroxylation is 1. The maximum absolute atomic E-state index is 10.8. The maximum Gasteiger partial charge on any atom is 0.306 e. The van der Waals surface area contributed by atoms with Crippen molar-refractivity contribution in [3.63, 3.8) is 0 Å². The normalized spacial score (nSPS) is 24.6. The van der Waals surface area contributed by atoms with Crippen molar-refractivity contribution in [3.05, 3.63) is 21.9 Å². The molecule has 2 rings (SSSR count). The molecule has 1 fully saturated rings. The molecule has 1 N–H and O–H groups in total. The van der Waals surface area contributed by atoms with E-state index < -0.39 is 5.97 Å². The Hall–Kier alpha value is -0.830. The number of carboxylic acids is 1. The van der Waals surface area contributed by atoms with Crippen LogP contribution in [0.3, 0.4) is 0 Å². The molecule has 3 heteroatoms. The van der Waals surface area contributed by atoms with Gasteiger partial charge in [-0.2, -0.15) is 0 Å². The van der Waals surface area contributed by atoms with E-state index in [-0.39, 0.29) is 5.92 Å². The minimum Gasteiger partial charge on any atom is -0.481 e. The lowest BCUT2D eigenvalue weighted by Gasteiger charge is -2.12. The number of aliphatic carboxylic acids is 1. The second-order valence-corrected chi connectivity index (χ2v) is 6.14. The van der Waals surface area contributed by atoms with Crippen molar-refractivity contribution in [2.24, 2.45) is 11.8 Å². The number of rotatable bonds is 6. The highest BCUT2D eigenvalue weighted by Gasteiger charge is 2.43. The first-order valence-electron chi connectivity index (χ1n) is 6.47. The molecule has 0 aliphatic heterocycles. The fourth-order valence-electron chi connectivity index (χ4n) is 2.46. The molecule has 17 heavy (non-hydrogen) atoms. The van der Waals surface area contributed by atoms with Gasteiger partial charge < -0.3 is 5.11 Å². The lowest BCUT2D eigenvalue weighted by atomic mass is 9.97. The second-order valence-electron chi connectivity index (χ2n) is 4.94. The third kappa shape index (κ3) is 2.89. The highest BCUT2D eigenvalue weighted by Crippen LogP contribution is 2.46. The van der Waals surface area contributed by atoms with Gasteiger partial charge in [0.2, 0.25) is 0 Å². The van der Waals surface area contributed by atoms with Crippen molar-refractivity contribution >= 4 is 17.3 Å². The lowest BCUT2D eigenvalue weighted by Crippen LogP contribution is -2.02. The number of carbonyl (C=O) groups is 1. The zero-order valence-corrected chi connectivity index (χ0v) is 11.3. The third-order valence-corrected chi connectivity index (χ3v) is 5.15. The van der Waals surface area contributed by atoms with Crippen LogP contribution in [0.1, 0.15) is 48.8 Å². The van der Waals surface area contributed by atoms with Gasteiger partial charge in [0.05, 0.1) is 5.92 Å². The minimum atomic E-state index is -0.606. The quantitative estimate of drug-likeness (QED) is 0.833. The molecule has 3 atom stereocenters. The van der Waals surface area contributed by atoms with Crippen LogP contribution in [-0.4, -0.2) is 11.1 Å². The molecule has 1 heterocycles. The highest BCUT2D eigenvalue weighted by molar-refractivity contribution is 7.12. The fourth-order valence-corrected chi connectivity index (χ4v) is 3.61. The van der Waals surface area contributed by atoms with Crippen LogP contribution >= 0.6 is 11.3 Å². The molecule has 1 aliphatic rings. The smallest absolute Gasteiger partial charge is 0.306 e. The van der Waals surface area contributed by atoms with Crippen LogP contribution in [0.4, 0.5) is 0 Å². The van der Waals surface area contributed by atoms with Crippen molar-refractivity contribution in [1.29, 1.82) is 0 Å². The Balaban J connectivity index is 1.95. The first-order valence-corrected chi connectivity index (χ1v) is 7.28. The van der Waals surface area contributed by atoms with Gasteiger partial charge in [-0.15, -0.1) is 11.3 Å². The van der Waals surface area contributed by atoms with Crippen LogP contribution in [0, 0.1) is 11.8 Å². The molecule has 1 saturated carbocycles. The Morgan fingerprint density at radius 1 is 1.53 bits per heavy atom. The molecule has 0 aromatic carbocycles. The predicted octanol–water partition coefficient (Wildman–Crippen LogP) is 3.91. The van der Waals surface area contributed by atoms with Gasteiger partial charge in [-0.05, 0) is 49.7 Å². The van der Waals surface area contributed by atoms with E-state index in [4.69, 9.17) is 5.11 Å². The molecular weight excluding hydrogens is 232 g/mol. The number of hydrogen-bond donors (Lipinski definition) is 1. The van der Waals surface area contributed by atoms with Crippen molar-refractivity contribution in [3.8, 4) is 0 Å². The first-order chi connectivity index (χ1) is 8.15. The number of carboxylic acid groups (broad SMARTS) is 1.